The van der Waals surface area contributed by atoms with Crippen molar-refractivity contribution in [1.82, 2.24) is 45.5 Å². The molecule has 0 bridgehead atoms. The normalized spacial score (nSPS) is 11.3. The second-order valence-electron chi connectivity index (χ2n) is 12.9. The van der Waals surface area contributed by atoms with Crippen LogP contribution < -0.4 is 11.1 Å². The Bertz CT molecular complexity index is 2850. The van der Waals surface area contributed by atoms with Gasteiger partial charge in [0.05, 0.1) is 32.5 Å². The van der Waals surface area contributed by atoms with Crippen molar-refractivity contribution in [2.24, 2.45) is 5.73 Å². The second-order valence-corrected chi connectivity index (χ2v) is 15.6. The molecule has 6 aromatic heterocycles. The third-order valence-corrected chi connectivity index (χ3v) is 10.5. The summed E-state index contributed by atoms with van der Waals surface area (Å²) < 4.78 is 82.8. The van der Waals surface area contributed by atoms with Gasteiger partial charge in [0.25, 0.3) is 5.91 Å². The molecule has 6 heterocycles. The number of rotatable bonds is 11. The molecular formula is C40H28Cl2F6N10O5S2. The number of pyridine rings is 2. The molecule has 0 aliphatic rings. The first-order chi connectivity index (χ1) is 31.0. The molecule has 2 aromatic carbocycles. The van der Waals surface area contributed by atoms with Gasteiger partial charge in [0.15, 0.2) is 0 Å². The SMILES string of the molecule is NCCc1nc(-c2ccc(Cl)cc2)cs1.O=C(NCCc1nc(-c2ccc(Cl)cc2)cs1)c1cncc(-c2noc(C(F)(F)F)n2)c1.O=C(O)c1cncc(-c2noc(C(F)(F)F)n2)c1. The first-order valence-corrected chi connectivity index (χ1v) is 20.8. The zero-order valence-corrected chi connectivity index (χ0v) is 35.8. The van der Waals surface area contributed by atoms with Crippen molar-refractivity contribution in [3.63, 3.8) is 0 Å². The first kappa shape index (κ1) is 47.8. The number of carboxylic acids is 1. The Morgan fingerprint density at radius 2 is 1.09 bits per heavy atom. The van der Waals surface area contributed by atoms with Gasteiger partial charge in [0.1, 0.15) is 0 Å². The number of carboxylic acid groups (broad SMARTS) is 1. The van der Waals surface area contributed by atoms with Crippen LogP contribution in [0.2, 0.25) is 10.0 Å². The molecule has 4 N–H and O–H groups in total. The third-order valence-electron chi connectivity index (χ3n) is 8.21. The fourth-order valence-electron chi connectivity index (χ4n) is 5.14. The molecule has 0 saturated heterocycles. The van der Waals surface area contributed by atoms with Crippen LogP contribution >= 0.6 is 45.9 Å². The van der Waals surface area contributed by atoms with Gasteiger partial charge in [-0.2, -0.15) is 36.3 Å². The molecule has 65 heavy (non-hydrogen) atoms. The van der Waals surface area contributed by atoms with Gasteiger partial charge in [-0.3, -0.25) is 14.8 Å². The molecule has 0 radical (unpaired) electrons. The van der Waals surface area contributed by atoms with Crippen molar-refractivity contribution in [3.05, 3.63) is 139 Å². The van der Waals surface area contributed by atoms with E-state index >= 15 is 0 Å². The molecular weight excluding hydrogens is 950 g/mol. The minimum absolute atomic E-state index is 0.0224. The molecule has 15 nitrogen and oxygen atoms in total. The molecule has 0 atom stereocenters. The molecule has 0 saturated carbocycles. The number of hydrogen-bond acceptors (Lipinski definition) is 15. The number of nitrogens with zero attached hydrogens (tertiary/aromatic N) is 8. The fraction of sp³-hybridized carbons (Fsp3) is 0.150. The number of alkyl halides is 6. The number of benzene rings is 2. The molecule has 0 aliphatic carbocycles. The van der Waals surface area contributed by atoms with E-state index in [2.05, 4.69) is 54.6 Å². The maximum Gasteiger partial charge on any atom is 0.471 e. The lowest BCUT2D eigenvalue weighted by molar-refractivity contribution is -0.160. The fourth-order valence-corrected chi connectivity index (χ4v) is 7.03. The second kappa shape index (κ2) is 21.3. The summed E-state index contributed by atoms with van der Waals surface area (Å²) in [5.74, 6) is -5.35. The van der Waals surface area contributed by atoms with Crippen LogP contribution in [-0.4, -0.2) is 70.3 Å². The largest absolute Gasteiger partial charge is 0.478 e. The van der Waals surface area contributed by atoms with E-state index in [1.807, 2.05) is 47.2 Å². The number of amides is 1. The lowest BCUT2D eigenvalue weighted by Crippen LogP contribution is -2.25. The monoisotopic (exact) mass is 976 g/mol. The Hall–Kier alpha value is -6.66. The van der Waals surface area contributed by atoms with E-state index in [0.717, 1.165) is 62.4 Å². The molecule has 0 spiro atoms. The molecule has 25 heteroatoms. The van der Waals surface area contributed by atoms with E-state index in [1.165, 1.54) is 29.8 Å². The predicted octanol–water partition coefficient (Wildman–Crippen LogP) is 9.71. The summed E-state index contributed by atoms with van der Waals surface area (Å²) in [5.41, 5.74) is 9.46. The zero-order chi connectivity index (χ0) is 46.7. The van der Waals surface area contributed by atoms with Crippen LogP contribution in [0, 0.1) is 0 Å². The van der Waals surface area contributed by atoms with Gasteiger partial charge in [0.2, 0.25) is 11.6 Å². The van der Waals surface area contributed by atoms with Crippen LogP contribution in [0.5, 0.6) is 0 Å². The van der Waals surface area contributed by atoms with Crippen molar-refractivity contribution in [2.75, 3.05) is 13.1 Å². The summed E-state index contributed by atoms with van der Waals surface area (Å²) in [7, 11) is 0. The van der Waals surface area contributed by atoms with Gasteiger partial charge in [-0.1, -0.05) is 57.8 Å². The Kier molecular flexibility index (Phi) is 15.7. The van der Waals surface area contributed by atoms with Crippen LogP contribution in [0.4, 0.5) is 26.3 Å². The lowest BCUT2D eigenvalue weighted by atomic mass is 10.2. The summed E-state index contributed by atoms with van der Waals surface area (Å²) in [4.78, 5) is 46.0. The number of carbonyl (C=O) groups excluding carboxylic acids is 1. The van der Waals surface area contributed by atoms with Crippen LogP contribution in [0.25, 0.3) is 45.3 Å². The van der Waals surface area contributed by atoms with Crippen molar-refractivity contribution in [3.8, 4) is 45.3 Å². The molecule has 8 rings (SSSR count). The zero-order valence-electron chi connectivity index (χ0n) is 32.6. The number of aromatic nitrogens is 8. The average molecular weight is 978 g/mol. The highest BCUT2D eigenvalue weighted by atomic mass is 35.5. The Balaban J connectivity index is 0.000000178. The summed E-state index contributed by atoms with van der Waals surface area (Å²) in [6, 6.07) is 17.5. The minimum atomic E-state index is -4.75. The van der Waals surface area contributed by atoms with Crippen molar-refractivity contribution >= 4 is 57.8 Å². The molecule has 1 amide bonds. The lowest BCUT2D eigenvalue weighted by Gasteiger charge is -2.04. The van der Waals surface area contributed by atoms with E-state index in [1.54, 1.807) is 23.5 Å². The van der Waals surface area contributed by atoms with Crippen LogP contribution in [0.1, 0.15) is 42.5 Å². The number of thiazole rings is 2. The molecule has 336 valence electrons. The van der Waals surface area contributed by atoms with Crippen molar-refractivity contribution in [2.45, 2.75) is 25.2 Å². The molecule has 0 unspecified atom stereocenters. The maximum absolute atomic E-state index is 12.6. The number of aromatic carboxylic acids is 1. The van der Waals surface area contributed by atoms with Crippen LogP contribution in [0.3, 0.4) is 0 Å². The topological polar surface area (TPSA) is 222 Å². The quantitative estimate of drug-likeness (QED) is 0.103. The Labute approximate surface area is 380 Å². The molecule has 8 aromatic rings. The highest BCUT2D eigenvalue weighted by molar-refractivity contribution is 7.10. The van der Waals surface area contributed by atoms with E-state index < -0.39 is 36.0 Å². The number of nitrogens with one attached hydrogen (secondary N) is 1. The van der Waals surface area contributed by atoms with Crippen molar-refractivity contribution < 1.29 is 50.1 Å². The van der Waals surface area contributed by atoms with Gasteiger partial charge in [-0.05, 0) is 42.9 Å². The molecule has 0 aliphatic heterocycles. The maximum atomic E-state index is 12.6. The standard InChI is InChI=1S/C20H13ClF3N5O2S.C11H11ClN2S.C9H4F3N3O3/c21-14-3-1-11(2-4-14)15-10-32-16(27-15)5-6-26-18(30)13-7-12(8-25-9-13)17-28-19(31-29-17)20(22,23)24;12-9-3-1-8(2-4-9)10-7-15-11(14-10)5-6-13;10-9(11,12)8-14-6(15-18-8)4-1-5(7(16)17)3-13-2-4/h1-4,7-10H,5-6H2,(H,26,30);1-4,7H,5-6,13H2;1-3H,(H,16,17). The van der Waals surface area contributed by atoms with Gasteiger partial charge in [-0.15, -0.1) is 22.7 Å². The predicted molar refractivity (Wildman–Crippen MR) is 226 cm³/mol. The Morgan fingerprint density at radius 3 is 1.52 bits per heavy atom. The molecule has 0 fully saturated rings. The first-order valence-electron chi connectivity index (χ1n) is 18.3. The minimum Gasteiger partial charge on any atom is -0.478 e. The highest BCUT2D eigenvalue weighted by Crippen LogP contribution is 2.31. The van der Waals surface area contributed by atoms with Crippen LogP contribution in [0.15, 0.2) is 105 Å². The number of hydrogen-bond donors (Lipinski definition) is 3. The number of carbonyl (C=O) groups is 2. The summed E-state index contributed by atoms with van der Waals surface area (Å²) in [5, 5.41) is 25.1. The number of halogens is 8. The average Bonchev–Trinajstić information content (AvgIpc) is 4.13. The number of nitrogens with two attached hydrogens (primary N) is 1. The van der Waals surface area contributed by atoms with E-state index in [9.17, 15) is 35.9 Å². The summed E-state index contributed by atoms with van der Waals surface area (Å²) >= 11 is 14.8. The van der Waals surface area contributed by atoms with Gasteiger partial charge >= 0.3 is 30.1 Å². The highest BCUT2D eigenvalue weighted by Gasteiger charge is 2.39. The summed E-state index contributed by atoms with van der Waals surface area (Å²) in [6.07, 6.45) is -3.41. The van der Waals surface area contributed by atoms with Crippen molar-refractivity contribution in [1.29, 1.82) is 0 Å². The third kappa shape index (κ3) is 13.4. The van der Waals surface area contributed by atoms with E-state index in [0.29, 0.717) is 24.5 Å². The van der Waals surface area contributed by atoms with Crippen LogP contribution in [-0.2, 0) is 25.2 Å². The van der Waals surface area contributed by atoms with E-state index in [-0.39, 0.29) is 33.9 Å². The van der Waals surface area contributed by atoms with Gasteiger partial charge < -0.3 is 25.2 Å². The van der Waals surface area contributed by atoms with Gasteiger partial charge in [-0.25, -0.2) is 14.8 Å². The smallest absolute Gasteiger partial charge is 0.471 e. The van der Waals surface area contributed by atoms with E-state index in [4.69, 9.17) is 34.0 Å². The van der Waals surface area contributed by atoms with Gasteiger partial charge in [0, 0.05) is 87.2 Å². The Morgan fingerprint density at radius 1 is 0.646 bits per heavy atom. The summed E-state index contributed by atoms with van der Waals surface area (Å²) in [6.45, 7) is 0.963.